The Morgan fingerprint density at radius 2 is 2.46 bits per heavy atom. The van der Waals surface area contributed by atoms with Crippen molar-refractivity contribution in [2.75, 3.05) is 13.1 Å². The van der Waals surface area contributed by atoms with Crippen LogP contribution in [0.2, 0.25) is 0 Å². The lowest BCUT2D eigenvalue weighted by atomic mass is 10.4. The number of rotatable bonds is 2. The van der Waals surface area contributed by atoms with Crippen LogP contribution in [0, 0.1) is 0 Å². The number of aromatic nitrogens is 4. The van der Waals surface area contributed by atoms with Gasteiger partial charge < -0.3 is 5.32 Å². The zero-order chi connectivity index (χ0) is 8.93. The van der Waals surface area contributed by atoms with Crippen LogP contribution in [0.25, 0.3) is 0 Å². The van der Waals surface area contributed by atoms with E-state index in [1.54, 1.807) is 11.8 Å². The molecule has 2 heterocycles. The Balaban J connectivity index is 1.82. The zero-order valence-electron chi connectivity index (χ0n) is 7.03. The third-order valence-corrected chi connectivity index (χ3v) is 2.54. The van der Waals surface area contributed by atoms with Crippen molar-refractivity contribution in [3.8, 4) is 0 Å². The number of H-pyrrole nitrogens is 1. The average Bonchev–Trinajstić information content (AvgIpc) is 2.69. The minimum absolute atomic E-state index is 0.708. The van der Waals surface area contributed by atoms with Gasteiger partial charge in [-0.05, 0) is 6.42 Å². The van der Waals surface area contributed by atoms with Gasteiger partial charge in [-0.15, -0.1) is 10.2 Å². The highest BCUT2D eigenvalue weighted by Gasteiger charge is 2.06. The molecule has 0 amide bonds. The fourth-order valence-corrected chi connectivity index (χ4v) is 1.76. The minimum Gasteiger partial charge on any atom is -0.365 e. The molecule has 0 saturated carbocycles. The average molecular weight is 198 g/mol. The fourth-order valence-electron chi connectivity index (χ4n) is 0.984. The summed E-state index contributed by atoms with van der Waals surface area (Å²) in [6, 6.07) is 0. The molecule has 0 unspecified atom stereocenters. The Bertz CT molecular complexity index is 281. The highest BCUT2D eigenvalue weighted by Crippen LogP contribution is 2.09. The molecule has 70 valence electrons. The second kappa shape index (κ2) is 4.22. The summed E-state index contributed by atoms with van der Waals surface area (Å²) in [5, 5.41) is 17.8. The van der Waals surface area contributed by atoms with Gasteiger partial charge in [0.25, 0.3) is 0 Å². The van der Waals surface area contributed by atoms with Crippen LogP contribution in [0.4, 0.5) is 0 Å². The van der Waals surface area contributed by atoms with E-state index in [-0.39, 0.29) is 0 Å². The van der Waals surface area contributed by atoms with E-state index in [0.29, 0.717) is 11.6 Å². The van der Waals surface area contributed by atoms with Crippen LogP contribution < -0.4 is 5.32 Å². The molecule has 1 aliphatic rings. The van der Waals surface area contributed by atoms with E-state index in [1.165, 1.54) is 0 Å². The number of hydrogen-bond acceptors (Lipinski definition) is 6. The molecule has 0 saturated heterocycles. The maximum atomic E-state index is 4.31. The molecule has 0 fully saturated rings. The van der Waals surface area contributed by atoms with Gasteiger partial charge in [0.2, 0.25) is 0 Å². The van der Waals surface area contributed by atoms with Crippen molar-refractivity contribution < 1.29 is 0 Å². The number of aromatic amines is 1. The Morgan fingerprint density at radius 1 is 1.46 bits per heavy atom. The molecule has 1 aliphatic heterocycles. The normalized spacial score (nSPS) is 16.5. The quantitative estimate of drug-likeness (QED) is 0.687. The number of thioether (sulfide) groups is 1. The highest BCUT2D eigenvalue weighted by atomic mass is 32.2. The molecule has 7 heteroatoms. The predicted octanol–water partition coefficient (Wildman–Crippen LogP) is -0.218. The van der Waals surface area contributed by atoms with E-state index in [4.69, 9.17) is 0 Å². The molecule has 0 radical (unpaired) electrons. The topological polar surface area (TPSA) is 78.8 Å². The SMILES string of the molecule is C1CN=C(SCc2nn[nH]n2)NC1. The first-order chi connectivity index (χ1) is 6.45. The molecular formula is C6H10N6S. The number of amidine groups is 1. The van der Waals surface area contributed by atoms with Crippen molar-refractivity contribution in [2.45, 2.75) is 12.2 Å². The van der Waals surface area contributed by atoms with Gasteiger partial charge >= 0.3 is 0 Å². The zero-order valence-corrected chi connectivity index (χ0v) is 7.84. The summed E-state index contributed by atoms with van der Waals surface area (Å²) in [5.41, 5.74) is 0. The van der Waals surface area contributed by atoms with E-state index in [9.17, 15) is 0 Å². The van der Waals surface area contributed by atoms with Crippen LogP contribution in [0.1, 0.15) is 12.2 Å². The highest BCUT2D eigenvalue weighted by molar-refractivity contribution is 8.13. The summed E-state index contributed by atoms with van der Waals surface area (Å²) in [5.74, 6) is 1.42. The van der Waals surface area contributed by atoms with Crippen molar-refractivity contribution in [2.24, 2.45) is 4.99 Å². The monoisotopic (exact) mass is 198 g/mol. The molecule has 1 aromatic heterocycles. The first-order valence-corrected chi connectivity index (χ1v) is 5.07. The van der Waals surface area contributed by atoms with Gasteiger partial charge in [0, 0.05) is 13.1 Å². The van der Waals surface area contributed by atoms with Crippen LogP contribution in [0.5, 0.6) is 0 Å². The summed E-state index contributed by atoms with van der Waals surface area (Å²) in [4.78, 5) is 4.31. The lowest BCUT2D eigenvalue weighted by molar-refractivity contribution is 0.751. The Labute approximate surface area is 79.6 Å². The summed E-state index contributed by atoms with van der Waals surface area (Å²) in [6.45, 7) is 1.93. The van der Waals surface area contributed by atoms with Crippen molar-refractivity contribution in [3.05, 3.63) is 5.82 Å². The minimum atomic E-state index is 0.708. The van der Waals surface area contributed by atoms with E-state index in [0.717, 1.165) is 24.7 Å². The van der Waals surface area contributed by atoms with Gasteiger partial charge in [-0.3, -0.25) is 4.99 Å². The number of tetrazole rings is 1. The van der Waals surface area contributed by atoms with Crippen LogP contribution in [-0.2, 0) is 5.75 Å². The maximum Gasteiger partial charge on any atom is 0.184 e. The first-order valence-electron chi connectivity index (χ1n) is 4.08. The third kappa shape index (κ3) is 2.41. The first kappa shape index (κ1) is 8.49. The van der Waals surface area contributed by atoms with E-state index >= 15 is 0 Å². The molecule has 0 atom stereocenters. The fraction of sp³-hybridized carbons (Fsp3) is 0.667. The Morgan fingerprint density at radius 3 is 3.15 bits per heavy atom. The smallest absolute Gasteiger partial charge is 0.184 e. The molecular weight excluding hydrogens is 188 g/mol. The summed E-state index contributed by atoms with van der Waals surface area (Å²) in [7, 11) is 0. The molecule has 0 aliphatic carbocycles. The lowest BCUT2D eigenvalue weighted by Crippen LogP contribution is -2.26. The summed E-state index contributed by atoms with van der Waals surface area (Å²) in [6.07, 6.45) is 1.12. The van der Waals surface area contributed by atoms with Crippen LogP contribution in [0.15, 0.2) is 4.99 Å². The van der Waals surface area contributed by atoms with E-state index < -0.39 is 0 Å². The number of nitrogens with one attached hydrogen (secondary N) is 2. The van der Waals surface area contributed by atoms with Gasteiger partial charge in [0.05, 0.1) is 5.75 Å². The summed E-state index contributed by atoms with van der Waals surface area (Å²) >= 11 is 1.61. The van der Waals surface area contributed by atoms with Gasteiger partial charge in [-0.1, -0.05) is 17.0 Å². The number of hydrogen-bond donors (Lipinski definition) is 2. The molecule has 0 aromatic carbocycles. The van der Waals surface area contributed by atoms with Gasteiger partial charge in [-0.25, -0.2) is 0 Å². The molecule has 2 rings (SSSR count). The molecule has 2 N–H and O–H groups in total. The van der Waals surface area contributed by atoms with Crippen molar-refractivity contribution in [1.29, 1.82) is 0 Å². The number of nitrogens with zero attached hydrogens (tertiary/aromatic N) is 4. The van der Waals surface area contributed by atoms with Crippen molar-refractivity contribution in [3.63, 3.8) is 0 Å². The lowest BCUT2D eigenvalue weighted by Gasteiger charge is -2.12. The maximum absolute atomic E-state index is 4.31. The number of aliphatic imine (C=N–C) groups is 1. The Hall–Kier alpha value is -1.11. The molecule has 1 aromatic rings. The second-order valence-electron chi connectivity index (χ2n) is 2.58. The summed E-state index contributed by atoms with van der Waals surface area (Å²) < 4.78 is 0. The molecule has 6 nitrogen and oxygen atoms in total. The van der Waals surface area contributed by atoms with Crippen LogP contribution >= 0.6 is 11.8 Å². The third-order valence-electron chi connectivity index (χ3n) is 1.59. The molecule has 13 heavy (non-hydrogen) atoms. The van der Waals surface area contributed by atoms with Crippen molar-refractivity contribution in [1.82, 2.24) is 25.9 Å². The van der Waals surface area contributed by atoms with Gasteiger partial charge in [0.1, 0.15) is 0 Å². The van der Waals surface area contributed by atoms with Crippen LogP contribution in [-0.4, -0.2) is 38.9 Å². The Kier molecular flexibility index (Phi) is 2.75. The largest absolute Gasteiger partial charge is 0.365 e. The standard InChI is InChI=1S/C6H10N6S/c1-2-7-6(8-3-1)13-4-5-9-11-12-10-5/h1-4H2,(H,7,8)(H,9,10,11,12). The van der Waals surface area contributed by atoms with E-state index in [2.05, 4.69) is 30.9 Å². The predicted molar refractivity (Wildman–Crippen MR) is 50.4 cm³/mol. The van der Waals surface area contributed by atoms with Crippen molar-refractivity contribution >= 4 is 16.9 Å². The van der Waals surface area contributed by atoms with Crippen LogP contribution in [0.3, 0.4) is 0 Å². The van der Waals surface area contributed by atoms with E-state index in [1.807, 2.05) is 0 Å². The second-order valence-corrected chi connectivity index (χ2v) is 3.55. The van der Waals surface area contributed by atoms with Gasteiger partial charge in [0.15, 0.2) is 11.0 Å². The molecule has 0 spiro atoms. The van der Waals surface area contributed by atoms with Gasteiger partial charge in [-0.2, -0.15) is 5.21 Å². The molecule has 0 bridgehead atoms.